The zero-order valence-corrected chi connectivity index (χ0v) is 15.6. The number of anilines is 1. The molecule has 1 amide bonds. The fourth-order valence-corrected chi connectivity index (χ4v) is 3.55. The van der Waals surface area contributed by atoms with Crippen LogP contribution in [0.1, 0.15) is 44.7 Å². The van der Waals surface area contributed by atoms with Crippen LogP contribution in [0.3, 0.4) is 0 Å². The number of amides is 1. The van der Waals surface area contributed by atoms with Gasteiger partial charge in [0.25, 0.3) is 0 Å². The summed E-state index contributed by atoms with van der Waals surface area (Å²) in [6.07, 6.45) is 7.84. The highest BCUT2D eigenvalue weighted by Crippen LogP contribution is 2.25. The first-order chi connectivity index (χ1) is 12.6. The third-order valence-corrected chi connectivity index (χ3v) is 4.96. The zero-order chi connectivity index (χ0) is 18.4. The number of carbonyl (C=O) groups is 1. The monoisotopic (exact) mass is 352 g/mol. The summed E-state index contributed by atoms with van der Waals surface area (Å²) in [6, 6.07) is 10.4. The summed E-state index contributed by atoms with van der Waals surface area (Å²) in [5, 5.41) is 3.30. The van der Waals surface area contributed by atoms with Gasteiger partial charge in [-0.1, -0.05) is 44.2 Å². The number of piperidine rings is 1. The van der Waals surface area contributed by atoms with Gasteiger partial charge in [0.15, 0.2) is 0 Å². The van der Waals surface area contributed by atoms with E-state index in [1.165, 1.54) is 5.56 Å². The topological polar surface area (TPSA) is 58.1 Å². The summed E-state index contributed by atoms with van der Waals surface area (Å²) in [5.41, 5.74) is 1.19. The van der Waals surface area contributed by atoms with Crippen molar-refractivity contribution in [1.29, 1.82) is 0 Å². The highest BCUT2D eigenvalue weighted by atomic mass is 16.1. The summed E-state index contributed by atoms with van der Waals surface area (Å²) in [6.45, 7) is 6.08. The maximum Gasteiger partial charge on any atom is 0.223 e. The Morgan fingerprint density at radius 3 is 2.54 bits per heavy atom. The number of aromatic nitrogens is 2. The van der Waals surface area contributed by atoms with Crippen LogP contribution in [0.4, 0.5) is 5.82 Å². The lowest BCUT2D eigenvalue weighted by molar-refractivity contribution is -0.126. The quantitative estimate of drug-likeness (QED) is 0.863. The number of nitrogens with zero attached hydrogens (tertiary/aromatic N) is 3. The molecule has 5 nitrogen and oxygen atoms in total. The van der Waals surface area contributed by atoms with Crippen molar-refractivity contribution in [3.63, 3.8) is 0 Å². The maximum atomic E-state index is 12.8. The van der Waals surface area contributed by atoms with Gasteiger partial charge in [0.05, 0.1) is 12.2 Å². The lowest BCUT2D eigenvalue weighted by atomic mass is 9.93. The molecule has 5 heteroatoms. The van der Waals surface area contributed by atoms with Crippen molar-refractivity contribution in [2.24, 2.45) is 11.8 Å². The van der Waals surface area contributed by atoms with Gasteiger partial charge >= 0.3 is 0 Å². The van der Waals surface area contributed by atoms with Crippen LogP contribution in [-0.2, 0) is 4.79 Å². The highest BCUT2D eigenvalue weighted by Gasteiger charge is 2.27. The van der Waals surface area contributed by atoms with Gasteiger partial charge in [0.1, 0.15) is 5.82 Å². The van der Waals surface area contributed by atoms with Crippen LogP contribution in [0.15, 0.2) is 48.9 Å². The molecular weight excluding hydrogens is 324 g/mol. The number of carbonyl (C=O) groups excluding carboxylic acids is 1. The molecule has 1 atom stereocenters. The van der Waals surface area contributed by atoms with Crippen molar-refractivity contribution >= 4 is 11.7 Å². The predicted molar refractivity (Wildman–Crippen MR) is 104 cm³/mol. The van der Waals surface area contributed by atoms with Gasteiger partial charge in [0, 0.05) is 31.4 Å². The highest BCUT2D eigenvalue weighted by molar-refractivity contribution is 5.79. The van der Waals surface area contributed by atoms with Gasteiger partial charge in [0.2, 0.25) is 5.91 Å². The van der Waals surface area contributed by atoms with Crippen LogP contribution in [-0.4, -0.2) is 29.0 Å². The Kier molecular flexibility index (Phi) is 6.21. The molecule has 0 bridgehead atoms. The van der Waals surface area contributed by atoms with E-state index < -0.39 is 0 Å². The van der Waals surface area contributed by atoms with Crippen molar-refractivity contribution < 1.29 is 4.79 Å². The molecule has 2 heterocycles. The first-order valence-electron chi connectivity index (χ1n) is 9.49. The van der Waals surface area contributed by atoms with Crippen molar-refractivity contribution in [1.82, 2.24) is 15.3 Å². The first kappa shape index (κ1) is 18.4. The number of hydrogen-bond acceptors (Lipinski definition) is 4. The van der Waals surface area contributed by atoms with Crippen molar-refractivity contribution in [2.45, 2.75) is 39.2 Å². The van der Waals surface area contributed by atoms with Crippen LogP contribution in [0, 0.1) is 11.8 Å². The second-order valence-corrected chi connectivity index (χ2v) is 7.43. The minimum Gasteiger partial charge on any atom is -0.355 e. The summed E-state index contributed by atoms with van der Waals surface area (Å²) in [4.78, 5) is 23.5. The largest absolute Gasteiger partial charge is 0.355 e. The Hall–Kier alpha value is -2.43. The average molecular weight is 352 g/mol. The minimum atomic E-state index is 0.0706. The van der Waals surface area contributed by atoms with E-state index in [0.29, 0.717) is 5.92 Å². The normalized spacial score (nSPS) is 16.5. The molecular formula is C21H28N4O. The molecule has 2 aromatic rings. The molecule has 1 saturated heterocycles. The van der Waals surface area contributed by atoms with E-state index in [1.54, 1.807) is 18.6 Å². The average Bonchev–Trinajstić information content (AvgIpc) is 2.68. The third-order valence-electron chi connectivity index (χ3n) is 4.96. The molecule has 1 aromatic heterocycles. The maximum absolute atomic E-state index is 12.8. The van der Waals surface area contributed by atoms with E-state index in [2.05, 4.69) is 46.2 Å². The molecule has 26 heavy (non-hydrogen) atoms. The Morgan fingerprint density at radius 2 is 1.92 bits per heavy atom. The smallest absolute Gasteiger partial charge is 0.223 e. The van der Waals surface area contributed by atoms with E-state index in [1.807, 2.05) is 18.2 Å². The van der Waals surface area contributed by atoms with Crippen molar-refractivity contribution in [3.8, 4) is 0 Å². The second kappa shape index (κ2) is 8.79. The van der Waals surface area contributed by atoms with E-state index in [-0.39, 0.29) is 17.9 Å². The van der Waals surface area contributed by atoms with Crippen molar-refractivity contribution in [3.05, 3.63) is 54.5 Å². The van der Waals surface area contributed by atoms with E-state index >= 15 is 0 Å². The van der Waals surface area contributed by atoms with Gasteiger partial charge in [-0.2, -0.15) is 0 Å². The third kappa shape index (κ3) is 4.81. The molecule has 0 radical (unpaired) electrons. The number of rotatable bonds is 6. The van der Waals surface area contributed by atoms with Crippen LogP contribution < -0.4 is 10.2 Å². The lowest BCUT2D eigenvalue weighted by Crippen LogP contribution is -2.42. The van der Waals surface area contributed by atoms with Crippen LogP contribution in [0.25, 0.3) is 0 Å². The van der Waals surface area contributed by atoms with Gasteiger partial charge in [-0.3, -0.25) is 9.78 Å². The first-order valence-corrected chi connectivity index (χ1v) is 9.49. The SMILES string of the molecule is CC(C)CC(NC(=O)C1CCN(c2cnccn2)CC1)c1ccccc1. The molecule has 1 aliphatic heterocycles. The predicted octanol–water partition coefficient (Wildman–Crippen LogP) is 3.60. The van der Waals surface area contributed by atoms with Crippen LogP contribution >= 0.6 is 0 Å². The summed E-state index contributed by atoms with van der Waals surface area (Å²) >= 11 is 0. The zero-order valence-electron chi connectivity index (χ0n) is 15.6. The fourth-order valence-electron chi connectivity index (χ4n) is 3.55. The summed E-state index contributed by atoms with van der Waals surface area (Å²) < 4.78 is 0. The summed E-state index contributed by atoms with van der Waals surface area (Å²) in [7, 11) is 0. The molecule has 1 fully saturated rings. The van der Waals surface area contributed by atoms with Crippen LogP contribution in [0.2, 0.25) is 0 Å². The minimum absolute atomic E-state index is 0.0706. The van der Waals surface area contributed by atoms with Gasteiger partial charge in [-0.05, 0) is 30.7 Å². The van der Waals surface area contributed by atoms with Gasteiger partial charge in [-0.25, -0.2) is 4.98 Å². The van der Waals surface area contributed by atoms with Gasteiger partial charge in [-0.15, -0.1) is 0 Å². The van der Waals surface area contributed by atoms with Gasteiger partial charge < -0.3 is 10.2 Å². The van der Waals surface area contributed by atoms with E-state index in [9.17, 15) is 4.79 Å². The Morgan fingerprint density at radius 1 is 1.19 bits per heavy atom. The fraction of sp³-hybridized carbons (Fsp3) is 0.476. The molecule has 3 rings (SSSR count). The molecule has 1 aromatic carbocycles. The molecule has 0 saturated carbocycles. The van der Waals surface area contributed by atoms with Crippen molar-refractivity contribution in [2.75, 3.05) is 18.0 Å². The molecule has 1 aliphatic rings. The van der Waals surface area contributed by atoms with E-state index in [0.717, 1.165) is 38.2 Å². The lowest BCUT2D eigenvalue weighted by Gasteiger charge is -2.33. The Balaban J connectivity index is 1.58. The summed E-state index contributed by atoms with van der Waals surface area (Å²) in [5.74, 6) is 1.67. The molecule has 138 valence electrons. The molecule has 1 unspecified atom stereocenters. The Bertz CT molecular complexity index is 682. The standard InChI is InChI=1S/C21H28N4O/c1-16(2)14-19(17-6-4-3-5-7-17)24-21(26)18-8-12-25(13-9-18)20-15-22-10-11-23-20/h3-7,10-11,15-16,18-19H,8-9,12-14H2,1-2H3,(H,24,26). The Labute approximate surface area is 155 Å². The van der Waals surface area contributed by atoms with E-state index in [4.69, 9.17) is 0 Å². The number of nitrogens with one attached hydrogen (secondary N) is 1. The second-order valence-electron chi connectivity index (χ2n) is 7.43. The molecule has 0 spiro atoms. The van der Waals surface area contributed by atoms with Crippen LogP contribution in [0.5, 0.6) is 0 Å². The molecule has 1 N–H and O–H groups in total. The number of hydrogen-bond donors (Lipinski definition) is 1. The number of benzene rings is 1. The molecule has 0 aliphatic carbocycles.